The Kier molecular flexibility index (Phi) is 2.39. The fourth-order valence-electron chi connectivity index (χ4n) is 1.21. The lowest BCUT2D eigenvalue weighted by Crippen LogP contribution is -2.00. The standard InChI is InChI=1S/C9H12/c1-2-6-9-7-4-3-5-8-9/h1,3-4,9H,5-8H2. The predicted molar refractivity (Wildman–Crippen MR) is 39.9 cm³/mol. The van der Waals surface area contributed by atoms with Crippen molar-refractivity contribution in [2.75, 3.05) is 0 Å². The van der Waals surface area contributed by atoms with E-state index < -0.39 is 0 Å². The highest BCUT2D eigenvalue weighted by Crippen LogP contribution is 2.20. The predicted octanol–water partition coefficient (Wildman–Crippen LogP) is 2.37. The third-order valence-corrected chi connectivity index (χ3v) is 1.78. The highest BCUT2D eigenvalue weighted by molar-refractivity contribution is 4.95. The zero-order chi connectivity index (χ0) is 6.53. The van der Waals surface area contributed by atoms with Gasteiger partial charge in [0.2, 0.25) is 0 Å². The van der Waals surface area contributed by atoms with Crippen LogP contribution in [0.2, 0.25) is 0 Å². The molecule has 0 fully saturated rings. The largest absolute Gasteiger partial charge is 0.120 e. The molecule has 0 aliphatic heterocycles. The van der Waals surface area contributed by atoms with Crippen LogP contribution in [0.3, 0.4) is 0 Å². The van der Waals surface area contributed by atoms with Crippen LogP contribution in [0.4, 0.5) is 0 Å². The van der Waals surface area contributed by atoms with Gasteiger partial charge in [-0.15, -0.1) is 12.3 Å². The third-order valence-electron chi connectivity index (χ3n) is 1.78. The first kappa shape index (κ1) is 6.42. The second kappa shape index (κ2) is 3.35. The van der Waals surface area contributed by atoms with Crippen molar-refractivity contribution in [1.82, 2.24) is 0 Å². The van der Waals surface area contributed by atoms with Gasteiger partial charge in [-0.2, -0.15) is 0 Å². The van der Waals surface area contributed by atoms with Gasteiger partial charge in [-0.1, -0.05) is 12.2 Å². The fraction of sp³-hybridized carbons (Fsp3) is 0.556. The number of allylic oxidation sites excluding steroid dienone is 2. The monoisotopic (exact) mass is 120 g/mol. The fourth-order valence-corrected chi connectivity index (χ4v) is 1.21. The lowest BCUT2D eigenvalue weighted by molar-refractivity contribution is 0.492. The summed E-state index contributed by atoms with van der Waals surface area (Å²) in [6.07, 6.45) is 14.4. The second-order valence-electron chi connectivity index (χ2n) is 2.56. The smallest absolute Gasteiger partial charge is 0.0117 e. The van der Waals surface area contributed by atoms with Gasteiger partial charge in [0.25, 0.3) is 0 Å². The molecule has 0 saturated heterocycles. The summed E-state index contributed by atoms with van der Waals surface area (Å²) in [4.78, 5) is 0. The highest BCUT2D eigenvalue weighted by Gasteiger charge is 2.06. The van der Waals surface area contributed by atoms with E-state index in [0.717, 1.165) is 12.3 Å². The van der Waals surface area contributed by atoms with Gasteiger partial charge in [-0.3, -0.25) is 0 Å². The van der Waals surface area contributed by atoms with Crippen LogP contribution in [0.1, 0.15) is 25.7 Å². The van der Waals surface area contributed by atoms with E-state index in [-0.39, 0.29) is 0 Å². The molecular weight excluding hydrogens is 108 g/mol. The first-order valence-electron chi connectivity index (χ1n) is 3.52. The Hall–Kier alpha value is -0.700. The van der Waals surface area contributed by atoms with E-state index in [2.05, 4.69) is 18.1 Å². The lowest BCUT2D eigenvalue weighted by atomic mass is 9.92. The highest BCUT2D eigenvalue weighted by atomic mass is 14.1. The van der Waals surface area contributed by atoms with E-state index >= 15 is 0 Å². The quantitative estimate of drug-likeness (QED) is 0.368. The number of hydrogen-bond donors (Lipinski definition) is 0. The Morgan fingerprint density at radius 3 is 3.00 bits per heavy atom. The molecule has 1 atom stereocenters. The maximum Gasteiger partial charge on any atom is 0.0117 e. The molecule has 0 nitrogen and oxygen atoms in total. The topological polar surface area (TPSA) is 0 Å². The lowest BCUT2D eigenvalue weighted by Gasteiger charge is -2.13. The maximum absolute atomic E-state index is 5.19. The molecule has 1 aliphatic carbocycles. The summed E-state index contributed by atoms with van der Waals surface area (Å²) >= 11 is 0. The van der Waals surface area contributed by atoms with Crippen molar-refractivity contribution >= 4 is 0 Å². The molecule has 1 unspecified atom stereocenters. The zero-order valence-electron chi connectivity index (χ0n) is 5.64. The van der Waals surface area contributed by atoms with Crippen LogP contribution < -0.4 is 0 Å². The van der Waals surface area contributed by atoms with E-state index in [1.54, 1.807) is 0 Å². The Bertz CT molecular complexity index is 137. The Labute approximate surface area is 57.0 Å². The van der Waals surface area contributed by atoms with Gasteiger partial charge in [0.15, 0.2) is 0 Å². The van der Waals surface area contributed by atoms with Gasteiger partial charge < -0.3 is 0 Å². The summed E-state index contributed by atoms with van der Waals surface area (Å²) in [6, 6.07) is 0. The number of terminal acetylenes is 1. The van der Waals surface area contributed by atoms with Gasteiger partial charge in [0.1, 0.15) is 0 Å². The van der Waals surface area contributed by atoms with Gasteiger partial charge in [-0.05, 0) is 25.2 Å². The minimum absolute atomic E-state index is 0.778. The third kappa shape index (κ3) is 1.93. The summed E-state index contributed by atoms with van der Waals surface area (Å²) in [6.45, 7) is 0. The molecule has 0 aromatic rings. The van der Waals surface area contributed by atoms with Crippen molar-refractivity contribution in [2.45, 2.75) is 25.7 Å². The summed E-state index contributed by atoms with van der Waals surface area (Å²) in [5.41, 5.74) is 0. The van der Waals surface area contributed by atoms with Crippen molar-refractivity contribution in [3.05, 3.63) is 12.2 Å². The Balaban J connectivity index is 2.28. The molecular formula is C9H12. The van der Waals surface area contributed by atoms with Crippen LogP contribution in [0.15, 0.2) is 12.2 Å². The molecule has 0 bridgehead atoms. The van der Waals surface area contributed by atoms with Gasteiger partial charge in [0, 0.05) is 6.42 Å². The minimum atomic E-state index is 0.778. The van der Waals surface area contributed by atoms with E-state index in [1.165, 1.54) is 19.3 Å². The van der Waals surface area contributed by atoms with E-state index in [1.807, 2.05) is 0 Å². The molecule has 0 saturated carbocycles. The van der Waals surface area contributed by atoms with Gasteiger partial charge in [0.05, 0.1) is 0 Å². The van der Waals surface area contributed by atoms with Crippen LogP contribution in [0.5, 0.6) is 0 Å². The molecule has 0 spiro atoms. The molecule has 48 valence electrons. The van der Waals surface area contributed by atoms with Crippen LogP contribution in [0.25, 0.3) is 0 Å². The van der Waals surface area contributed by atoms with Crippen LogP contribution in [-0.2, 0) is 0 Å². The SMILES string of the molecule is C#CCC1CC=CCC1. The Morgan fingerprint density at radius 2 is 2.44 bits per heavy atom. The second-order valence-corrected chi connectivity index (χ2v) is 2.56. The normalized spacial score (nSPS) is 25.4. The van der Waals surface area contributed by atoms with Crippen molar-refractivity contribution in [2.24, 2.45) is 5.92 Å². The average molecular weight is 120 g/mol. The average Bonchev–Trinajstić information content (AvgIpc) is 1.91. The number of hydrogen-bond acceptors (Lipinski definition) is 0. The van der Waals surface area contributed by atoms with Gasteiger partial charge >= 0.3 is 0 Å². The van der Waals surface area contributed by atoms with Crippen molar-refractivity contribution in [3.8, 4) is 12.3 Å². The van der Waals surface area contributed by atoms with E-state index in [0.29, 0.717) is 0 Å². The van der Waals surface area contributed by atoms with Crippen LogP contribution in [0, 0.1) is 18.3 Å². The first-order chi connectivity index (χ1) is 4.43. The minimum Gasteiger partial charge on any atom is -0.120 e. The molecule has 0 aromatic heterocycles. The molecule has 0 amide bonds. The molecule has 0 radical (unpaired) electrons. The number of rotatable bonds is 1. The van der Waals surface area contributed by atoms with Crippen molar-refractivity contribution in [3.63, 3.8) is 0 Å². The Morgan fingerprint density at radius 1 is 1.56 bits per heavy atom. The van der Waals surface area contributed by atoms with Crippen molar-refractivity contribution < 1.29 is 0 Å². The molecule has 0 aromatic carbocycles. The molecule has 0 heteroatoms. The van der Waals surface area contributed by atoms with Crippen LogP contribution in [-0.4, -0.2) is 0 Å². The van der Waals surface area contributed by atoms with E-state index in [9.17, 15) is 0 Å². The first-order valence-corrected chi connectivity index (χ1v) is 3.52. The molecule has 0 heterocycles. The summed E-state index contributed by atoms with van der Waals surface area (Å²) in [5, 5.41) is 0. The molecule has 9 heavy (non-hydrogen) atoms. The van der Waals surface area contributed by atoms with E-state index in [4.69, 9.17) is 6.42 Å². The van der Waals surface area contributed by atoms with Crippen LogP contribution >= 0.6 is 0 Å². The maximum atomic E-state index is 5.19. The van der Waals surface area contributed by atoms with Crippen molar-refractivity contribution in [1.29, 1.82) is 0 Å². The summed E-state index contributed by atoms with van der Waals surface area (Å²) in [7, 11) is 0. The molecule has 0 N–H and O–H groups in total. The summed E-state index contributed by atoms with van der Waals surface area (Å²) in [5.74, 6) is 3.48. The summed E-state index contributed by atoms with van der Waals surface area (Å²) < 4.78 is 0. The van der Waals surface area contributed by atoms with Gasteiger partial charge in [-0.25, -0.2) is 0 Å². The molecule has 1 rings (SSSR count). The zero-order valence-corrected chi connectivity index (χ0v) is 5.64. The molecule has 1 aliphatic rings.